The highest BCUT2D eigenvalue weighted by atomic mass is 32.1. The van der Waals surface area contributed by atoms with E-state index in [9.17, 15) is 9.18 Å². The van der Waals surface area contributed by atoms with Crippen LogP contribution in [0.3, 0.4) is 0 Å². The smallest absolute Gasteiger partial charge is 0.241 e. The summed E-state index contributed by atoms with van der Waals surface area (Å²) in [7, 11) is 0. The van der Waals surface area contributed by atoms with Crippen LogP contribution in [0.4, 0.5) is 4.39 Å². The Bertz CT molecular complexity index is 484. The normalized spacial score (nSPS) is 10.5. The molecule has 0 saturated heterocycles. The third-order valence-electron chi connectivity index (χ3n) is 2.06. The molecule has 0 radical (unpaired) electrons. The van der Waals surface area contributed by atoms with E-state index in [-0.39, 0.29) is 16.4 Å². The highest BCUT2D eigenvalue weighted by molar-refractivity contribution is 7.12. The van der Waals surface area contributed by atoms with Crippen LogP contribution in [0.5, 0.6) is 0 Å². The van der Waals surface area contributed by atoms with Crippen molar-refractivity contribution in [2.45, 2.75) is 13.3 Å². The molecular formula is C11H9FO2S. The van der Waals surface area contributed by atoms with Gasteiger partial charge in [0.2, 0.25) is 5.78 Å². The molecule has 2 aromatic rings. The Morgan fingerprint density at radius 3 is 2.80 bits per heavy atom. The van der Waals surface area contributed by atoms with Gasteiger partial charge < -0.3 is 4.42 Å². The first-order chi connectivity index (χ1) is 7.22. The summed E-state index contributed by atoms with van der Waals surface area (Å²) in [6.45, 7) is 1.93. The first-order valence-electron chi connectivity index (χ1n) is 4.58. The van der Waals surface area contributed by atoms with Crippen LogP contribution in [0.1, 0.15) is 28.1 Å². The molecule has 0 unspecified atom stereocenters. The average Bonchev–Trinajstić information content (AvgIpc) is 2.84. The van der Waals surface area contributed by atoms with Crippen molar-refractivity contribution >= 4 is 17.1 Å². The summed E-state index contributed by atoms with van der Waals surface area (Å²) in [5, 5.41) is 1.55. The average molecular weight is 224 g/mol. The van der Waals surface area contributed by atoms with Crippen molar-refractivity contribution in [1.29, 1.82) is 0 Å². The molecule has 0 saturated carbocycles. The summed E-state index contributed by atoms with van der Waals surface area (Å²) in [6, 6.07) is 4.60. The Morgan fingerprint density at radius 2 is 2.27 bits per heavy atom. The van der Waals surface area contributed by atoms with Gasteiger partial charge in [0.15, 0.2) is 5.76 Å². The third kappa shape index (κ3) is 1.85. The SMILES string of the molecule is CCc1ccc(C(=O)c2sccc2F)o1. The van der Waals surface area contributed by atoms with Gasteiger partial charge in [0.1, 0.15) is 16.5 Å². The molecule has 0 aliphatic heterocycles. The predicted octanol–water partition coefficient (Wildman–Crippen LogP) is 3.27. The number of hydrogen-bond acceptors (Lipinski definition) is 3. The molecule has 0 aliphatic carbocycles. The summed E-state index contributed by atoms with van der Waals surface area (Å²) in [4.78, 5) is 11.8. The minimum Gasteiger partial charge on any atom is -0.458 e. The van der Waals surface area contributed by atoms with E-state index in [0.29, 0.717) is 0 Å². The summed E-state index contributed by atoms with van der Waals surface area (Å²) >= 11 is 1.08. The second-order valence-corrected chi connectivity index (χ2v) is 3.96. The molecule has 0 aliphatic rings. The molecule has 4 heteroatoms. The van der Waals surface area contributed by atoms with Gasteiger partial charge in [0.05, 0.1) is 0 Å². The van der Waals surface area contributed by atoms with Crippen LogP contribution in [-0.4, -0.2) is 5.78 Å². The quantitative estimate of drug-likeness (QED) is 0.749. The molecule has 2 heterocycles. The van der Waals surface area contributed by atoms with Gasteiger partial charge in [-0.3, -0.25) is 4.79 Å². The van der Waals surface area contributed by atoms with Gasteiger partial charge in [-0.15, -0.1) is 11.3 Å². The van der Waals surface area contributed by atoms with Gasteiger partial charge in [-0.25, -0.2) is 4.39 Å². The molecule has 0 spiro atoms. The van der Waals surface area contributed by atoms with E-state index in [1.165, 1.54) is 6.07 Å². The Kier molecular flexibility index (Phi) is 2.68. The highest BCUT2D eigenvalue weighted by Crippen LogP contribution is 2.20. The Morgan fingerprint density at radius 1 is 1.47 bits per heavy atom. The van der Waals surface area contributed by atoms with Crippen LogP contribution in [0, 0.1) is 5.82 Å². The minimum absolute atomic E-state index is 0.104. The van der Waals surface area contributed by atoms with E-state index >= 15 is 0 Å². The van der Waals surface area contributed by atoms with Gasteiger partial charge >= 0.3 is 0 Å². The third-order valence-corrected chi connectivity index (χ3v) is 2.95. The molecule has 2 nitrogen and oxygen atoms in total. The largest absolute Gasteiger partial charge is 0.458 e. The monoisotopic (exact) mass is 224 g/mol. The van der Waals surface area contributed by atoms with Crippen molar-refractivity contribution in [3.8, 4) is 0 Å². The van der Waals surface area contributed by atoms with Crippen LogP contribution in [0.25, 0.3) is 0 Å². The van der Waals surface area contributed by atoms with Crippen molar-refractivity contribution in [2.75, 3.05) is 0 Å². The van der Waals surface area contributed by atoms with Crippen LogP contribution < -0.4 is 0 Å². The van der Waals surface area contributed by atoms with Crippen molar-refractivity contribution in [1.82, 2.24) is 0 Å². The minimum atomic E-state index is -0.487. The zero-order valence-electron chi connectivity index (χ0n) is 8.12. The van der Waals surface area contributed by atoms with Gasteiger partial charge in [0.25, 0.3) is 0 Å². The van der Waals surface area contributed by atoms with E-state index in [1.54, 1.807) is 17.5 Å². The van der Waals surface area contributed by atoms with E-state index in [0.717, 1.165) is 23.5 Å². The molecule has 0 atom stereocenters. The zero-order chi connectivity index (χ0) is 10.8. The Balaban J connectivity index is 2.32. The first-order valence-corrected chi connectivity index (χ1v) is 5.46. The van der Waals surface area contributed by atoms with Crippen molar-refractivity contribution in [2.24, 2.45) is 0 Å². The van der Waals surface area contributed by atoms with Gasteiger partial charge in [-0.05, 0) is 23.6 Å². The lowest BCUT2D eigenvalue weighted by molar-refractivity contribution is 0.101. The second kappa shape index (κ2) is 3.98. The molecule has 0 bridgehead atoms. The standard InChI is InChI=1S/C11H9FO2S/c1-2-7-3-4-9(14-7)10(13)11-8(12)5-6-15-11/h3-6H,2H2,1H3. The van der Waals surface area contributed by atoms with Crippen LogP contribution >= 0.6 is 11.3 Å². The fourth-order valence-corrected chi connectivity index (χ4v) is 1.97. The molecule has 0 N–H and O–H groups in total. The summed E-state index contributed by atoms with van der Waals surface area (Å²) in [5.74, 6) is 0.0603. The lowest BCUT2D eigenvalue weighted by Gasteiger charge is -1.93. The van der Waals surface area contributed by atoms with E-state index in [1.807, 2.05) is 6.92 Å². The van der Waals surface area contributed by atoms with Gasteiger partial charge in [-0.2, -0.15) is 0 Å². The number of aryl methyl sites for hydroxylation is 1. The van der Waals surface area contributed by atoms with E-state index in [2.05, 4.69) is 0 Å². The maximum Gasteiger partial charge on any atom is 0.241 e. The lowest BCUT2D eigenvalue weighted by atomic mass is 10.2. The Hall–Kier alpha value is -1.42. The molecule has 78 valence electrons. The summed E-state index contributed by atoms with van der Waals surface area (Å²) in [5.41, 5.74) is 0. The molecule has 0 amide bonds. The fourth-order valence-electron chi connectivity index (χ4n) is 1.26. The highest BCUT2D eigenvalue weighted by Gasteiger charge is 2.18. The van der Waals surface area contributed by atoms with E-state index < -0.39 is 5.82 Å². The number of halogens is 1. The molecular weight excluding hydrogens is 215 g/mol. The number of furan rings is 1. The number of thiophene rings is 1. The maximum absolute atomic E-state index is 13.1. The van der Waals surface area contributed by atoms with Gasteiger partial charge in [0, 0.05) is 6.42 Å². The van der Waals surface area contributed by atoms with Gasteiger partial charge in [-0.1, -0.05) is 6.92 Å². The molecule has 2 rings (SSSR count). The molecule has 0 aromatic carbocycles. The zero-order valence-corrected chi connectivity index (χ0v) is 8.94. The number of rotatable bonds is 3. The Labute approximate surface area is 90.3 Å². The fraction of sp³-hybridized carbons (Fsp3) is 0.182. The second-order valence-electron chi connectivity index (χ2n) is 3.05. The molecule has 0 fully saturated rings. The van der Waals surface area contributed by atoms with Crippen LogP contribution in [-0.2, 0) is 6.42 Å². The maximum atomic E-state index is 13.1. The van der Waals surface area contributed by atoms with Crippen molar-refractivity contribution in [3.63, 3.8) is 0 Å². The number of carbonyl (C=O) groups excluding carboxylic acids is 1. The molecule has 15 heavy (non-hydrogen) atoms. The summed E-state index contributed by atoms with van der Waals surface area (Å²) in [6.07, 6.45) is 0.722. The van der Waals surface area contributed by atoms with Crippen molar-refractivity contribution in [3.05, 3.63) is 45.8 Å². The topological polar surface area (TPSA) is 30.2 Å². The lowest BCUT2D eigenvalue weighted by Crippen LogP contribution is -1.98. The van der Waals surface area contributed by atoms with Crippen molar-refractivity contribution < 1.29 is 13.6 Å². The number of ketones is 1. The number of hydrogen-bond donors (Lipinski definition) is 0. The van der Waals surface area contributed by atoms with Crippen LogP contribution in [0.2, 0.25) is 0 Å². The predicted molar refractivity (Wildman–Crippen MR) is 55.8 cm³/mol. The van der Waals surface area contributed by atoms with E-state index in [4.69, 9.17) is 4.42 Å². The summed E-state index contributed by atoms with van der Waals surface area (Å²) < 4.78 is 18.4. The first kappa shape index (κ1) is 10.1. The number of carbonyl (C=O) groups is 1. The molecule has 2 aromatic heterocycles. The van der Waals surface area contributed by atoms with Crippen LogP contribution in [0.15, 0.2) is 28.0 Å².